The first kappa shape index (κ1) is 17.8. The van der Waals surface area contributed by atoms with Crippen LogP contribution in [0.1, 0.15) is 31.2 Å². The van der Waals surface area contributed by atoms with Gasteiger partial charge >= 0.3 is 5.97 Å². The SMILES string of the molecule is COc1cc(/C=C/C(=O)O[C@@H]2CCCCC2=O)cc(OC)c1OC. The van der Waals surface area contributed by atoms with Crippen LogP contribution in [0.25, 0.3) is 6.08 Å². The molecular weight excluding hydrogens is 312 g/mol. The van der Waals surface area contributed by atoms with Gasteiger partial charge in [0.2, 0.25) is 5.75 Å². The minimum atomic E-state index is -0.615. The minimum absolute atomic E-state index is 0.00390. The number of hydrogen-bond acceptors (Lipinski definition) is 6. The van der Waals surface area contributed by atoms with Crippen LogP contribution in [0.15, 0.2) is 18.2 Å². The summed E-state index contributed by atoms with van der Waals surface area (Å²) in [6, 6.07) is 3.44. The summed E-state index contributed by atoms with van der Waals surface area (Å²) in [5.74, 6) is 0.923. The molecule has 0 spiro atoms. The standard InChI is InChI=1S/C18H22O6/c1-21-15-10-12(11-16(22-2)18(15)23-3)8-9-17(20)24-14-7-5-4-6-13(14)19/h8-11,14H,4-7H2,1-3H3/b9-8+/t14-/m1/s1. The molecule has 1 aromatic rings. The summed E-state index contributed by atoms with van der Waals surface area (Å²) in [5, 5.41) is 0. The van der Waals surface area contributed by atoms with E-state index in [0.717, 1.165) is 12.8 Å². The number of ether oxygens (including phenoxy) is 4. The van der Waals surface area contributed by atoms with Gasteiger partial charge < -0.3 is 18.9 Å². The third-order valence-corrected chi connectivity index (χ3v) is 3.86. The Bertz CT molecular complexity index is 609. The van der Waals surface area contributed by atoms with Crippen LogP contribution in [-0.4, -0.2) is 39.2 Å². The van der Waals surface area contributed by atoms with Gasteiger partial charge in [0.15, 0.2) is 23.4 Å². The molecule has 6 heteroatoms. The molecule has 0 aliphatic heterocycles. The molecule has 0 aromatic heterocycles. The van der Waals surface area contributed by atoms with Crippen molar-refractivity contribution in [3.05, 3.63) is 23.8 Å². The number of methoxy groups -OCH3 is 3. The maximum atomic E-state index is 11.9. The fraction of sp³-hybridized carbons (Fsp3) is 0.444. The highest BCUT2D eigenvalue weighted by atomic mass is 16.5. The molecular formula is C18H22O6. The first-order valence-electron chi connectivity index (χ1n) is 7.80. The van der Waals surface area contributed by atoms with Crippen LogP contribution in [-0.2, 0) is 14.3 Å². The van der Waals surface area contributed by atoms with E-state index >= 15 is 0 Å². The summed E-state index contributed by atoms with van der Waals surface area (Å²) in [6.45, 7) is 0. The summed E-state index contributed by atoms with van der Waals surface area (Å²) in [7, 11) is 4.57. The van der Waals surface area contributed by atoms with Gasteiger partial charge in [0, 0.05) is 12.5 Å². The Hall–Kier alpha value is -2.50. The molecule has 0 unspecified atom stereocenters. The van der Waals surface area contributed by atoms with Gasteiger partial charge in [0.1, 0.15) is 0 Å². The summed E-state index contributed by atoms with van der Waals surface area (Å²) in [6.07, 6.45) is 5.12. The van der Waals surface area contributed by atoms with Gasteiger partial charge in [-0.3, -0.25) is 4.79 Å². The average molecular weight is 334 g/mol. The molecule has 0 radical (unpaired) electrons. The maximum absolute atomic E-state index is 11.9. The van der Waals surface area contributed by atoms with Crippen molar-refractivity contribution in [2.24, 2.45) is 0 Å². The fourth-order valence-electron chi connectivity index (χ4n) is 2.62. The number of ketones is 1. The van der Waals surface area contributed by atoms with E-state index in [-0.39, 0.29) is 5.78 Å². The zero-order valence-corrected chi connectivity index (χ0v) is 14.2. The van der Waals surface area contributed by atoms with E-state index < -0.39 is 12.1 Å². The van der Waals surface area contributed by atoms with Gasteiger partial charge in [0.05, 0.1) is 21.3 Å². The van der Waals surface area contributed by atoms with E-state index in [9.17, 15) is 9.59 Å². The van der Waals surface area contributed by atoms with E-state index in [0.29, 0.717) is 35.7 Å². The zero-order valence-electron chi connectivity index (χ0n) is 14.2. The predicted molar refractivity (Wildman–Crippen MR) is 88.5 cm³/mol. The molecule has 0 N–H and O–H groups in total. The topological polar surface area (TPSA) is 71.1 Å². The van der Waals surface area contributed by atoms with Crippen molar-refractivity contribution < 1.29 is 28.5 Å². The highest BCUT2D eigenvalue weighted by molar-refractivity contribution is 5.91. The van der Waals surface area contributed by atoms with Gasteiger partial charge in [-0.05, 0) is 43.0 Å². The summed E-state index contributed by atoms with van der Waals surface area (Å²) in [4.78, 5) is 23.6. The quantitative estimate of drug-likeness (QED) is 0.588. The number of hydrogen-bond donors (Lipinski definition) is 0. The van der Waals surface area contributed by atoms with Gasteiger partial charge in [-0.2, -0.15) is 0 Å². The van der Waals surface area contributed by atoms with Crippen LogP contribution in [0.2, 0.25) is 0 Å². The normalized spacial score (nSPS) is 17.6. The molecule has 6 nitrogen and oxygen atoms in total. The lowest BCUT2D eigenvalue weighted by molar-refractivity contribution is -0.152. The highest BCUT2D eigenvalue weighted by Crippen LogP contribution is 2.38. The van der Waals surface area contributed by atoms with Crippen molar-refractivity contribution in [1.29, 1.82) is 0 Å². The van der Waals surface area contributed by atoms with Crippen LogP contribution in [0, 0.1) is 0 Å². The first-order valence-corrected chi connectivity index (χ1v) is 7.80. The Morgan fingerprint density at radius 3 is 2.29 bits per heavy atom. The summed E-state index contributed by atoms with van der Waals surface area (Å²) >= 11 is 0. The first-order chi connectivity index (χ1) is 11.6. The third-order valence-electron chi connectivity index (χ3n) is 3.86. The highest BCUT2D eigenvalue weighted by Gasteiger charge is 2.24. The van der Waals surface area contributed by atoms with E-state index in [2.05, 4.69) is 0 Å². The molecule has 2 rings (SSSR count). The van der Waals surface area contributed by atoms with E-state index in [4.69, 9.17) is 18.9 Å². The maximum Gasteiger partial charge on any atom is 0.331 e. The Morgan fingerprint density at radius 1 is 1.08 bits per heavy atom. The largest absolute Gasteiger partial charge is 0.493 e. The number of carbonyl (C=O) groups excluding carboxylic acids is 2. The molecule has 0 heterocycles. The lowest BCUT2D eigenvalue weighted by Crippen LogP contribution is -2.29. The molecule has 24 heavy (non-hydrogen) atoms. The fourth-order valence-corrected chi connectivity index (χ4v) is 2.62. The second-order valence-electron chi connectivity index (χ2n) is 5.43. The summed E-state index contributed by atoms with van der Waals surface area (Å²) < 4.78 is 21.0. The van der Waals surface area contributed by atoms with Crippen LogP contribution in [0.4, 0.5) is 0 Å². The zero-order chi connectivity index (χ0) is 17.5. The van der Waals surface area contributed by atoms with Crippen molar-refractivity contribution in [3.63, 3.8) is 0 Å². The van der Waals surface area contributed by atoms with E-state index in [1.165, 1.54) is 27.4 Å². The van der Waals surface area contributed by atoms with Gasteiger partial charge in [-0.25, -0.2) is 4.79 Å². The van der Waals surface area contributed by atoms with Crippen molar-refractivity contribution in [1.82, 2.24) is 0 Å². The van der Waals surface area contributed by atoms with Crippen LogP contribution >= 0.6 is 0 Å². The number of benzene rings is 1. The van der Waals surface area contributed by atoms with Gasteiger partial charge in [-0.15, -0.1) is 0 Å². The number of carbonyl (C=O) groups is 2. The van der Waals surface area contributed by atoms with Gasteiger partial charge in [-0.1, -0.05) is 0 Å². The summed E-state index contributed by atoms with van der Waals surface area (Å²) in [5.41, 5.74) is 0.691. The average Bonchev–Trinajstić information content (AvgIpc) is 2.60. The molecule has 0 saturated heterocycles. The molecule has 1 aliphatic rings. The third kappa shape index (κ3) is 4.28. The smallest absolute Gasteiger partial charge is 0.331 e. The van der Waals surface area contributed by atoms with Crippen LogP contribution < -0.4 is 14.2 Å². The Morgan fingerprint density at radius 2 is 1.75 bits per heavy atom. The Balaban J connectivity index is 2.10. The molecule has 1 fully saturated rings. The minimum Gasteiger partial charge on any atom is -0.493 e. The number of esters is 1. The second kappa shape index (κ2) is 8.38. The van der Waals surface area contributed by atoms with Crippen molar-refractivity contribution >= 4 is 17.8 Å². The van der Waals surface area contributed by atoms with Gasteiger partial charge in [0.25, 0.3) is 0 Å². The molecule has 0 bridgehead atoms. The lowest BCUT2D eigenvalue weighted by Gasteiger charge is -2.19. The Kier molecular flexibility index (Phi) is 6.23. The number of Topliss-reactive ketones (excluding diaryl/α,β-unsaturated/α-hetero) is 1. The second-order valence-corrected chi connectivity index (χ2v) is 5.43. The van der Waals surface area contributed by atoms with E-state index in [1.54, 1.807) is 18.2 Å². The Labute approximate surface area is 141 Å². The predicted octanol–water partition coefficient (Wildman–Crippen LogP) is 2.78. The van der Waals surface area contributed by atoms with Crippen molar-refractivity contribution in [2.75, 3.05) is 21.3 Å². The molecule has 1 aliphatic carbocycles. The molecule has 1 atom stereocenters. The number of rotatable bonds is 6. The monoisotopic (exact) mass is 334 g/mol. The van der Waals surface area contributed by atoms with Crippen LogP contribution in [0.5, 0.6) is 17.2 Å². The lowest BCUT2D eigenvalue weighted by atomic mass is 9.96. The van der Waals surface area contributed by atoms with Crippen molar-refractivity contribution in [2.45, 2.75) is 31.8 Å². The molecule has 130 valence electrons. The molecule has 0 amide bonds. The van der Waals surface area contributed by atoms with Crippen LogP contribution in [0.3, 0.4) is 0 Å². The van der Waals surface area contributed by atoms with Crippen molar-refractivity contribution in [3.8, 4) is 17.2 Å². The molecule has 1 aromatic carbocycles. The molecule has 1 saturated carbocycles. The van der Waals surface area contributed by atoms with E-state index in [1.807, 2.05) is 0 Å².